The summed E-state index contributed by atoms with van der Waals surface area (Å²) in [7, 11) is -3.20. The van der Waals surface area contributed by atoms with Crippen molar-refractivity contribution in [2.45, 2.75) is 44.6 Å². The van der Waals surface area contributed by atoms with Crippen molar-refractivity contribution in [3.8, 4) is 0 Å². The summed E-state index contributed by atoms with van der Waals surface area (Å²) in [4.78, 5) is 4.71. The van der Waals surface area contributed by atoms with Gasteiger partial charge in [-0.25, -0.2) is 17.1 Å². The van der Waals surface area contributed by atoms with E-state index in [1.54, 1.807) is 10.4 Å². The zero-order valence-electron chi connectivity index (χ0n) is 15.9. The van der Waals surface area contributed by atoms with Crippen LogP contribution in [0.5, 0.6) is 0 Å². The summed E-state index contributed by atoms with van der Waals surface area (Å²) in [6.07, 6.45) is 3.79. The molecule has 1 fully saturated rings. The van der Waals surface area contributed by atoms with Crippen LogP contribution in [0.2, 0.25) is 0 Å². The molecule has 0 saturated carbocycles. The largest absolute Gasteiger partial charge is 0.342 e. The van der Waals surface area contributed by atoms with Crippen LogP contribution in [0, 0.1) is 5.82 Å². The van der Waals surface area contributed by atoms with Crippen molar-refractivity contribution in [2.75, 3.05) is 37.2 Å². The first-order chi connectivity index (χ1) is 13.0. The maximum absolute atomic E-state index is 13.6. The number of halogens is 1. The fraction of sp³-hybridized carbons (Fsp3) is 0.632. The van der Waals surface area contributed by atoms with Crippen LogP contribution in [0.3, 0.4) is 0 Å². The van der Waals surface area contributed by atoms with Crippen LogP contribution in [0.25, 0.3) is 0 Å². The van der Waals surface area contributed by atoms with Gasteiger partial charge in [0.25, 0.3) is 0 Å². The SMILES string of the molecule is CCCCS(=O)(=O)N1CCC2(CC1)NCCCN=C2Nc1cccc(F)c1. The monoisotopic (exact) mass is 396 g/mol. The third-order valence-electron chi connectivity index (χ3n) is 5.33. The van der Waals surface area contributed by atoms with Crippen LogP contribution in [-0.2, 0) is 10.0 Å². The summed E-state index contributed by atoms with van der Waals surface area (Å²) in [5, 5.41) is 6.88. The minimum atomic E-state index is -3.20. The van der Waals surface area contributed by atoms with Gasteiger partial charge in [-0.05, 0) is 50.4 Å². The van der Waals surface area contributed by atoms with Gasteiger partial charge in [0.2, 0.25) is 10.0 Å². The molecule has 0 amide bonds. The average Bonchev–Trinajstić information content (AvgIpc) is 2.83. The molecule has 2 aliphatic heterocycles. The molecule has 2 heterocycles. The number of nitrogens with zero attached hydrogens (tertiary/aromatic N) is 2. The summed E-state index contributed by atoms with van der Waals surface area (Å²) in [6, 6.07) is 6.34. The van der Waals surface area contributed by atoms with Crippen LogP contribution < -0.4 is 10.6 Å². The Morgan fingerprint density at radius 1 is 1.33 bits per heavy atom. The highest BCUT2D eigenvalue weighted by molar-refractivity contribution is 7.89. The van der Waals surface area contributed by atoms with Crippen molar-refractivity contribution >= 4 is 21.5 Å². The normalized spacial score (nSPS) is 20.9. The lowest BCUT2D eigenvalue weighted by molar-refractivity contribution is 0.252. The Morgan fingerprint density at radius 2 is 2.11 bits per heavy atom. The Balaban J connectivity index is 1.75. The van der Waals surface area contributed by atoms with Gasteiger partial charge in [-0.1, -0.05) is 19.4 Å². The minimum absolute atomic E-state index is 0.215. The summed E-state index contributed by atoms with van der Waals surface area (Å²) < 4.78 is 40.2. The van der Waals surface area contributed by atoms with Gasteiger partial charge in [0.1, 0.15) is 11.7 Å². The quantitative estimate of drug-likeness (QED) is 0.802. The second kappa shape index (κ2) is 8.67. The van der Waals surface area contributed by atoms with Crippen molar-refractivity contribution in [1.82, 2.24) is 9.62 Å². The number of hydrogen-bond donors (Lipinski definition) is 2. The molecule has 0 bridgehead atoms. The van der Waals surface area contributed by atoms with E-state index < -0.39 is 10.0 Å². The number of rotatable bonds is 5. The molecule has 1 saturated heterocycles. The van der Waals surface area contributed by atoms with E-state index in [0.29, 0.717) is 44.6 Å². The van der Waals surface area contributed by atoms with E-state index >= 15 is 0 Å². The number of nitrogens with one attached hydrogen (secondary N) is 2. The van der Waals surface area contributed by atoms with Crippen LogP contribution in [0.15, 0.2) is 29.3 Å². The second-order valence-electron chi connectivity index (χ2n) is 7.30. The molecule has 0 radical (unpaired) electrons. The first-order valence-corrected chi connectivity index (χ1v) is 11.4. The van der Waals surface area contributed by atoms with Crippen LogP contribution >= 0.6 is 0 Å². The number of aliphatic imine (C=N–C) groups is 1. The van der Waals surface area contributed by atoms with Gasteiger partial charge < -0.3 is 10.6 Å². The third kappa shape index (κ3) is 4.86. The molecule has 2 aliphatic rings. The Kier molecular flexibility index (Phi) is 6.49. The Bertz CT molecular complexity index is 774. The molecule has 1 aromatic rings. The molecule has 27 heavy (non-hydrogen) atoms. The summed E-state index contributed by atoms with van der Waals surface area (Å²) in [6.45, 7) is 4.48. The van der Waals surface area contributed by atoms with Crippen LogP contribution in [-0.4, -0.2) is 56.0 Å². The number of anilines is 1. The smallest absolute Gasteiger partial charge is 0.214 e. The number of benzene rings is 1. The average molecular weight is 397 g/mol. The van der Waals surface area contributed by atoms with Crippen LogP contribution in [0.1, 0.15) is 39.0 Å². The van der Waals surface area contributed by atoms with Crippen molar-refractivity contribution in [1.29, 1.82) is 0 Å². The zero-order valence-corrected chi connectivity index (χ0v) is 16.7. The van der Waals surface area contributed by atoms with E-state index in [1.807, 2.05) is 13.0 Å². The maximum Gasteiger partial charge on any atom is 0.214 e. The second-order valence-corrected chi connectivity index (χ2v) is 9.39. The fourth-order valence-electron chi connectivity index (χ4n) is 3.71. The highest BCUT2D eigenvalue weighted by Crippen LogP contribution is 2.28. The predicted molar refractivity (Wildman–Crippen MR) is 107 cm³/mol. The highest BCUT2D eigenvalue weighted by Gasteiger charge is 2.42. The van der Waals surface area contributed by atoms with Crippen LogP contribution in [0.4, 0.5) is 10.1 Å². The molecule has 1 aromatic carbocycles. The van der Waals surface area contributed by atoms with E-state index in [4.69, 9.17) is 4.99 Å². The number of sulfonamides is 1. The van der Waals surface area contributed by atoms with Gasteiger partial charge in [0.15, 0.2) is 0 Å². The first kappa shape index (κ1) is 20.2. The van der Waals surface area contributed by atoms with E-state index in [1.165, 1.54) is 12.1 Å². The van der Waals surface area contributed by atoms with E-state index in [2.05, 4.69) is 10.6 Å². The fourth-order valence-corrected chi connectivity index (χ4v) is 5.36. The summed E-state index contributed by atoms with van der Waals surface area (Å²) in [5.74, 6) is 0.705. The number of unbranched alkanes of at least 4 members (excludes halogenated alkanes) is 1. The minimum Gasteiger partial charge on any atom is -0.342 e. The molecule has 8 heteroatoms. The number of hydrogen-bond acceptors (Lipinski definition) is 5. The topological polar surface area (TPSA) is 73.8 Å². The molecule has 2 N–H and O–H groups in total. The van der Waals surface area contributed by atoms with E-state index in [0.717, 1.165) is 25.2 Å². The Hall–Kier alpha value is -1.51. The Morgan fingerprint density at radius 3 is 2.81 bits per heavy atom. The van der Waals surface area contributed by atoms with Crippen molar-refractivity contribution in [2.24, 2.45) is 4.99 Å². The summed E-state index contributed by atoms with van der Waals surface area (Å²) >= 11 is 0. The molecule has 150 valence electrons. The van der Waals surface area contributed by atoms with Gasteiger partial charge in [0, 0.05) is 25.3 Å². The predicted octanol–water partition coefficient (Wildman–Crippen LogP) is 2.59. The molecule has 1 spiro atoms. The van der Waals surface area contributed by atoms with Gasteiger partial charge in [-0.2, -0.15) is 0 Å². The standard InChI is InChI=1S/C19H29FN4O2S/c1-2-3-14-27(25,26)24-12-8-19(9-13-24)18(21-10-5-11-22-19)23-17-7-4-6-16(20)15-17/h4,6-7,15,22H,2-3,5,8-14H2,1H3,(H,21,23). The van der Waals surface area contributed by atoms with Crippen molar-refractivity contribution in [3.63, 3.8) is 0 Å². The molecular weight excluding hydrogens is 367 g/mol. The van der Waals surface area contributed by atoms with E-state index in [-0.39, 0.29) is 17.1 Å². The maximum atomic E-state index is 13.6. The summed E-state index contributed by atoms with van der Waals surface area (Å²) in [5.41, 5.74) is 0.273. The van der Waals surface area contributed by atoms with Gasteiger partial charge >= 0.3 is 0 Å². The number of amidine groups is 1. The molecular formula is C19H29FN4O2S. The lowest BCUT2D eigenvalue weighted by atomic mass is 9.86. The number of piperidine rings is 1. The van der Waals surface area contributed by atoms with Gasteiger partial charge in [0.05, 0.1) is 11.3 Å². The third-order valence-corrected chi connectivity index (χ3v) is 7.29. The Labute approximate surface area is 161 Å². The molecule has 3 rings (SSSR count). The zero-order chi connectivity index (χ0) is 19.3. The lowest BCUT2D eigenvalue weighted by Gasteiger charge is -2.42. The van der Waals surface area contributed by atoms with E-state index in [9.17, 15) is 12.8 Å². The van der Waals surface area contributed by atoms with Crippen molar-refractivity contribution in [3.05, 3.63) is 30.1 Å². The van der Waals surface area contributed by atoms with Gasteiger partial charge in [-0.3, -0.25) is 4.99 Å². The molecule has 0 unspecified atom stereocenters. The van der Waals surface area contributed by atoms with Crippen molar-refractivity contribution < 1.29 is 12.8 Å². The molecule has 6 nitrogen and oxygen atoms in total. The highest BCUT2D eigenvalue weighted by atomic mass is 32.2. The molecule has 0 atom stereocenters. The lowest BCUT2D eigenvalue weighted by Crippen LogP contribution is -2.60. The molecule has 0 aromatic heterocycles. The molecule has 0 aliphatic carbocycles. The first-order valence-electron chi connectivity index (χ1n) is 9.75. The van der Waals surface area contributed by atoms with Gasteiger partial charge in [-0.15, -0.1) is 0 Å².